The highest BCUT2D eigenvalue weighted by atomic mass is 16.5. The molecular weight excluding hydrogens is 178 g/mol. The maximum absolute atomic E-state index is 10.8. The highest BCUT2D eigenvalue weighted by molar-refractivity contribution is 5.81. The zero-order valence-corrected chi connectivity index (χ0v) is 8.20. The van der Waals surface area contributed by atoms with Crippen LogP contribution in [0, 0.1) is 18.3 Å². The first kappa shape index (κ1) is 10.3. The Morgan fingerprint density at radius 3 is 2.79 bits per heavy atom. The van der Waals surface area contributed by atoms with Crippen LogP contribution >= 0.6 is 0 Å². The second-order valence-corrected chi connectivity index (χ2v) is 2.93. The Morgan fingerprint density at radius 1 is 1.57 bits per heavy atom. The Bertz CT molecular complexity index is 391. The molecule has 72 valence electrons. The predicted molar refractivity (Wildman–Crippen MR) is 52.4 cm³/mol. The molecule has 0 saturated carbocycles. The molecule has 0 N–H and O–H groups in total. The Balaban J connectivity index is 3.37. The summed E-state index contributed by atoms with van der Waals surface area (Å²) in [7, 11) is 1.53. The summed E-state index contributed by atoms with van der Waals surface area (Å²) < 4.78 is 5.09. The van der Waals surface area contributed by atoms with Crippen LogP contribution in [-0.2, 0) is 6.42 Å². The molecule has 0 atom stereocenters. The average Bonchev–Trinajstić information content (AvgIpc) is 2.19. The lowest BCUT2D eigenvalue weighted by Gasteiger charge is -2.09. The van der Waals surface area contributed by atoms with Gasteiger partial charge in [-0.25, -0.2) is 0 Å². The average molecular weight is 189 g/mol. The molecule has 0 fully saturated rings. The molecule has 0 aliphatic rings. The summed E-state index contributed by atoms with van der Waals surface area (Å²) in [6.45, 7) is 1.84. The largest absolute Gasteiger partial charge is 0.496 e. The third-order valence-corrected chi connectivity index (χ3v) is 2.13. The lowest BCUT2D eigenvalue weighted by atomic mass is 10.00. The molecule has 0 unspecified atom stereocenters. The van der Waals surface area contributed by atoms with E-state index >= 15 is 0 Å². The molecule has 3 heteroatoms. The number of aryl methyl sites for hydroxylation is 1. The lowest BCUT2D eigenvalue weighted by molar-refractivity contribution is 0.112. The molecule has 0 aliphatic carbocycles. The Kier molecular flexibility index (Phi) is 3.24. The highest BCUT2D eigenvalue weighted by Crippen LogP contribution is 2.24. The van der Waals surface area contributed by atoms with Crippen LogP contribution in [0.25, 0.3) is 0 Å². The van der Waals surface area contributed by atoms with Gasteiger partial charge in [0, 0.05) is 11.1 Å². The smallest absolute Gasteiger partial charge is 0.150 e. The fraction of sp³-hybridized carbons (Fsp3) is 0.273. The van der Waals surface area contributed by atoms with Gasteiger partial charge in [0.2, 0.25) is 0 Å². The minimum absolute atomic E-state index is 0.193. The number of nitriles is 1. The monoisotopic (exact) mass is 189 g/mol. The molecule has 0 spiro atoms. The van der Waals surface area contributed by atoms with E-state index in [4.69, 9.17) is 10.00 Å². The van der Waals surface area contributed by atoms with Gasteiger partial charge in [-0.3, -0.25) is 4.79 Å². The summed E-state index contributed by atoms with van der Waals surface area (Å²) in [4.78, 5) is 10.8. The third kappa shape index (κ3) is 1.74. The zero-order chi connectivity index (χ0) is 10.6. The van der Waals surface area contributed by atoms with Gasteiger partial charge in [-0.15, -0.1) is 0 Å². The Hall–Kier alpha value is -1.82. The molecule has 1 aromatic carbocycles. The van der Waals surface area contributed by atoms with Gasteiger partial charge in [-0.1, -0.05) is 6.07 Å². The number of hydrogen-bond acceptors (Lipinski definition) is 3. The van der Waals surface area contributed by atoms with Gasteiger partial charge in [-0.05, 0) is 18.6 Å². The maximum atomic E-state index is 10.8. The van der Waals surface area contributed by atoms with Crippen LogP contribution in [0.5, 0.6) is 5.75 Å². The van der Waals surface area contributed by atoms with E-state index in [0.717, 1.165) is 11.8 Å². The van der Waals surface area contributed by atoms with Crippen LogP contribution in [0.2, 0.25) is 0 Å². The van der Waals surface area contributed by atoms with E-state index in [0.29, 0.717) is 16.9 Å². The normalized spacial score (nSPS) is 9.21. The van der Waals surface area contributed by atoms with E-state index < -0.39 is 0 Å². The van der Waals surface area contributed by atoms with E-state index in [9.17, 15) is 4.79 Å². The highest BCUT2D eigenvalue weighted by Gasteiger charge is 2.10. The van der Waals surface area contributed by atoms with Crippen molar-refractivity contribution in [2.75, 3.05) is 7.11 Å². The number of aldehydes is 1. The molecule has 1 rings (SSSR count). The number of carbonyl (C=O) groups excluding carboxylic acids is 1. The van der Waals surface area contributed by atoms with Crippen LogP contribution < -0.4 is 4.74 Å². The van der Waals surface area contributed by atoms with E-state index in [1.807, 2.05) is 19.1 Å². The third-order valence-electron chi connectivity index (χ3n) is 2.13. The number of benzene rings is 1. The van der Waals surface area contributed by atoms with E-state index in [1.54, 1.807) is 6.07 Å². The van der Waals surface area contributed by atoms with Crippen molar-refractivity contribution in [2.45, 2.75) is 13.3 Å². The van der Waals surface area contributed by atoms with Crippen molar-refractivity contribution in [2.24, 2.45) is 0 Å². The number of hydrogen-bond donors (Lipinski definition) is 0. The van der Waals surface area contributed by atoms with Crippen LogP contribution in [-0.4, -0.2) is 13.4 Å². The fourth-order valence-corrected chi connectivity index (χ4v) is 1.38. The van der Waals surface area contributed by atoms with Crippen molar-refractivity contribution in [1.82, 2.24) is 0 Å². The maximum Gasteiger partial charge on any atom is 0.150 e. The van der Waals surface area contributed by atoms with Crippen molar-refractivity contribution < 1.29 is 9.53 Å². The lowest BCUT2D eigenvalue weighted by Crippen LogP contribution is -1.99. The molecule has 0 aliphatic heterocycles. The minimum Gasteiger partial charge on any atom is -0.496 e. The first-order chi connectivity index (χ1) is 6.74. The standard InChI is InChI=1S/C11H11NO2/c1-8-3-4-11(14-2)9(5-6-12)10(8)7-13/h3-4,7H,5H2,1-2H3. The van der Waals surface area contributed by atoms with Crippen molar-refractivity contribution in [3.05, 3.63) is 28.8 Å². The van der Waals surface area contributed by atoms with Gasteiger partial charge in [0.1, 0.15) is 5.75 Å². The first-order valence-electron chi connectivity index (χ1n) is 4.23. The van der Waals surface area contributed by atoms with E-state index in [2.05, 4.69) is 0 Å². The van der Waals surface area contributed by atoms with Crippen molar-refractivity contribution in [1.29, 1.82) is 5.26 Å². The summed E-state index contributed by atoms with van der Waals surface area (Å²) in [5, 5.41) is 8.63. The van der Waals surface area contributed by atoms with Crippen LogP contribution in [0.1, 0.15) is 21.5 Å². The van der Waals surface area contributed by atoms with Gasteiger partial charge < -0.3 is 4.74 Å². The number of carbonyl (C=O) groups is 1. The molecular formula is C11H11NO2. The van der Waals surface area contributed by atoms with Gasteiger partial charge in [0.25, 0.3) is 0 Å². The van der Waals surface area contributed by atoms with Crippen LogP contribution in [0.3, 0.4) is 0 Å². The molecule has 0 radical (unpaired) electrons. The topological polar surface area (TPSA) is 50.1 Å². The quantitative estimate of drug-likeness (QED) is 0.682. The Labute approximate surface area is 82.9 Å². The summed E-state index contributed by atoms with van der Waals surface area (Å²) >= 11 is 0. The number of rotatable bonds is 3. The van der Waals surface area contributed by atoms with Gasteiger partial charge >= 0.3 is 0 Å². The van der Waals surface area contributed by atoms with Crippen molar-refractivity contribution >= 4 is 6.29 Å². The van der Waals surface area contributed by atoms with E-state index in [1.165, 1.54) is 7.11 Å². The summed E-state index contributed by atoms with van der Waals surface area (Å²) in [6.07, 6.45) is 0.962. The molecule has 14 heavy (non-hydrogen) atoms. The Morgan fingerprint density at radius 2 is 2.29 bits per heavy atom. The van der Waals surface area contributed by atoms with Gasteiger partial charge in [-0.2, -0.15) is 5.26 Å². The number of ether oxygens (including phenoxy) is 1. The molecule has 1 aromatic rings. The molecule has 0 amide bonds. The minimum atomic E-state index is 0.193. The fourth-order valence-electron chi connectivity index (χ4n) is 1.38. The molecule has 0 bridgehead atoms. The molecule has 3 nitrogen and oxygen atoms in total. The van der Waals surface area contributed by atoms with E-state index in [-0.39, 0.29) is 6.42 Å². The van der Waals surface area contributed by atoms with Crippen LogP contribution in [0.15, 0.2) is 12.1 Å². The predicted octanol–water partition coefficient (Wildman–Crippen LogP) is 1.88. The second kappa shape index (κ2) is 4.43. The number of nitrogens with zero attached hydrogens (tertiary/aromatic N) is 1. The molecule has 0 saturated heterocycles. The summed E-state index contributed by atoms with van der Waals surface area (Å²) in [5.41, 5.74) is 2.10. The van der Waals surface area contributed by atoms with Crippen molar-refractivity contribution in [3.8, 4) is 11.8 Å². The molecule has 0 heterocycles. The first-order valence-corrected chi connectivity index (χ1v) is 4.23. The zero-order valence-electron chi connectivity index (χ0n) is 8.20. The second-order valence-electron chi connectivity index (χ2n) is 2.93. The summed E-state index contributed by atoms with van der Waals surface area (Å²) in [5.74, 6) is 0.597. The SMILES string of the molecule is COc1ccc(C)c(C=O)c1CC#N. The van der Waals surface area contributed by atoms with Crippen molar-refractivity contribution in [3.63, 3.8) is 0 Å². The molecule has 0 aromatic heterocycles. The summed E-state index contributed by atoms with van der Waals surface area (Å²) in [6, 6.07) is 5.60. The van der Waals surface area contributed by atoms with Gasteiger partial charge in [0.15, 0.2) is 6.29 Å². The van der Waals surface area contributed by atoms with Gasteiger partial charge in [0.05, 0.1) is 19.6 Å². The number of methoxy groups -OCH3 is 1. The van der Waals surface area contributed by atoms with Crippen LogP contribution in [0.4, 0.5) is 0 Å².